The Morgan fingerprint density at radius 3 is 1.22 bits per heavy atom. The van der Waals surface area contributed by atoms with E-state index in [9.17, 15) is 0 Å². The molecule has 0 bridgehead atoms. The summed E-state index contributed by atoms with van der Waals surface area (Å²) >= 11 is 0. The Labute approximate surface area is 175 Å². The van der Waals surface area contributed by atoms with Gasteiger partial charge in [-0.25, -0.2) is 0 Å². The first-order valence-electron chi connectivity index (χ1n) is 5.26. The van der Waals surface area contributed by atoms with Crippen molar-refractivity contribution < 1.29 is 86.7 Å². The first-order valence-corrected chi connectivity index (χ1v) is 9.26. The van der Waals surface area contributed by atoms with Crippen molar-refractivity contribution >= 4 is 42.1 Å². The van der Waals surface area contributed by atoms with E-state index in [2.05, 4.69) is 17.1 Å². The van der Waals surface area contributed by atoms with Crippen LogP contribution in [0.15, 0.2) is 42.6 Å². The number of fused-ring (bicyclic) bond motifs is 1. The van der Waals surface area contributed by atoms with E-state index < -0.39 is 31.2 Å². The zero-order valence-corrected chi connectivity index (χ0v) is 17.0. The molecule has 0 saturated heterocycles. The summed E-state index contributed by atoms with van der Waals surface area (Å²) in [5, 5.41) is 1.20. The number of nitrogens with zero attached hydrogens (tertiary/aromatic N) is 1. The third kappa shape index (κ3) is 45.9. The van der Waals surface area contributed by atoms with Gasteiger partial charge in [0.25, 0.3) is 0 Å². The van der Waals surface area contributed by atoms with Crippen LogP contribution in [0.5, 0.6) is 0 Å². The minimum atomic E-state index is -5.17. The summed E-state index contributed by atoms with van der Waals surface area (Å²) in [7, 11) is -15.5. The molecule has 0 aliphatic carbocycles. The van der Waals surface area contributed by atoms with Gasteiger partial charge in [-0.1, -0.05) is 24.3 Å². The molecule has 2 radical (unpaired) electrons. The molecule has 27 heavy (non-hydrogen) atoms. The number of aromatic nitrogens is 1. The van der Waals surface area contributed by atoms with E-state index in [1.807, 2.05) is 30.5 Å². The fraction of sp³-hybridized carbons (Fsp3) is 0. The van der Waals surface area contributed by atoms with Gasteiger partial charge in [0.2, 0.25) is 0 Å². The average molecular weight is 529 g/mol. The Morgan fingerprint density at radius 2 is 0.889 bits per heavy atom. The number of hydrogen-bond acceptors (Lipinski definition) is 13. The van der Waals surface area contributed by atoms with Crippen LogP contribution in [-0.4, -0.2) is 57.6 Å². The molecule has 0 amide bonds. The molecule has 0 aliphatic heterocycles. The summed E-state index contributed by atoms with van der Waals surface area (Å²) < 4.78 is 102. The Morgan fingerprint density at radius 1 is 0.593 bits per heavy atom. The average Bonchev–Trinajstić information content (AvgIpc) is 2.33. The van der Waals surface area contributed by atoms with Crippen LogP contribution in [0.3, 0.4) is 0 Å². The number of pyridine rings is 1. The van der Waals surface area contributed by atoms with Crippen molar-refractivity contribution in [1.82, 2.24) is 4.98 Å². The summed E-state index contributed by atoms with van der Waals surface area (Å²) in [5.74, 6) is 0. The first kappa shape index (κ1) is 33.8. The normalized spacial score (nSPS) is 10.1. The van der Waals surface area contributed by atoms with E-state index in [1.165, 1.54) is 5.39 Å². The van der Waals surface area contributed by atoms with E-state index >= 15 is 0 Å². The van der Waals surface area contributed by atoms with Gasteiger partial charge in [-0.05, 0) is 12.1 Å². The molecule has 0 spiro atoms. The molecule has 0 unspecified atom stereocenters. The van der Waals surface area contributed by atoms with Crippen LogP contribution in [0.1, 0.15) is 0 Å². The molecule has 18 heteroatoms. The molecule has 13 nitrogen and oxygen atoms in total. The van der Waals surface area contributed by atoms with Gasteiger partial charge in [-0.15, -0.1) is 0 Å². The molecule has 1 aromatic carbocycles. The summed E-state index contributed by atoms with van der Waals surface area (Å²) in [5.41, 5.74) is 1.06. The Kier molecular flexibility index (Phi) is 19.1. The molecule has 154 valence electrons. The molecule has 1 heterocycles. The molecule has 0 fully saturated rings. The Hall–Kier alpha value is -0.721. The van der Waals surface area contributed by atoms with Crippen LogP contribution < -0.4 is 0 Å². The van der Waals surface area contributed by atoms with Crippen LogP contribution in [-0.2, 0) is 65.3 Å². The zero-order chi connectivity index (χ0) is 20.3. The van der Waals surface area contributed by atoms with Crippen LogP contribution in [0, 0.1) is 0 Å². The zero-order valence-electron chi connectivity index (χ0n) is 12.3. The van der Waals surface area contributed by atoms with E-state index in [-0.39, 0.29) is 34.1 Å². The molecular formula is C9H7Fe2NO12S3. The van der Waals surface area contributed by atoms with E-state index in [4.69, 9.17) is 52.6 Å². The molecule has 0 saturated carbocycles. The second-order valence-corrected chi connectivity index (χ2v) is 5.87. The van der Waals surface area contributed by atoms with Gasteiger partial charge < -0.3 is 27.3 Å². The van der Waals surface area contributed by atoms with Gasteiger partial charge in [0, 0.05) is 42.8 Å². The summed E-state index contributed by atoms with van der Waals surface area (Å²) in [6.07, 6.45) is 1.81. The van der Waals surface area contributed by atoms with Crippen LogP contribution in [0.4, 0.5) is 0 Å². The van der Waals surface area contributed by atoms with Crippen molar-refractivity contribution in [3.05, 3.63) is 42.6 Å². The minimum absolute atomic E-state index is 0. The van der Waals surface area contributed by atoms with E-state index in [1.54, 1.807) is 0 Å². The van der Waals surface area contributed by atoms with Crippen molar-refractivity contribution in [3.63, 3.8) is 0 Å². The largest absolute Gasteiger partial charge is 3.00 e. The standard InChI is InChI=1S/C9H7N.2Fe.3H2O4S/c1-2-6-9-8(4-1)5-3-7-10-9;;;3*1-5(2,3)4/h1-7H;;;3*(H2,1,2,3,4)/q;2*+3;;;/p-6. The molecule has 1 aromatic heterocycles. The topological polar surface area (TPSA) is 254 Å². The van der Waals surface area contributed by atoms with Crippen molar-refractivity contribution in [2.45, 2.75) is 0 Å². The predicted molar refractivity (Wildman–Crippen MR) is 73.2 cm³/mol. The number of para-hydroxylation sites is 1. The van der Waals surface area contributed by atoms with Crippen LogP contribution in [0.2, 0.25) is 0 Å². The minimum Gasteiger partial charge on any atom is -0.759 e. The fourth-order valence-corrected chi connectivity index (χ4v) is 1.02. The molecule has 0 aliphatic rings. The van der Waals surface area contributed by atoms with Gasteiger partial charge in [-0.2, -0.15) is 0 Å². The molecule has 2 aromatic rings. The number of benzene rings is 1. The first-order chi connectivity index (χ1) is 11.0. The predicted octanol–water partition coefficient (Wildman–Crippen LogP) is -1.78. The Balaban J connectivity index is -0.000000137. The van der Waals surface area contributed by atoms with Gasteiger partial charge in [0.05, 0.1) is 5.52 Å². The van der Waals surface area contributed by atoms with Crippen molar-refractivity contribution in [3.8, 4) is 0 Å². The number of hydrogen-bond donors (Lipinski definition) is 0. The second kappa shape index (κ2) is 15.2. The summed E-state index contributed by atoms with van der Waals surface area (Å²) in [4.78, 5) is 4.18. The summed E-state index contributed by atoms with van der Waals surface area (Å²) in [6, 6.07) is 12.1. The van der Waals surface area contributed by atoms with Gasteiger partial charge >= 0.3 is 34.1 Å². The van der Waals surface area contributed by atoms with Gasteiger partial charge in [-0.3, -0.25) is 30.2 Å². The van der Waals surface area contributed by atoms with Crippen molar-refractivity contribution in [2.24, 2.45) is 0 Å². The Bertz CT molecular complexity index is 802. The van der Waals surface area contributed by atoms with Crippen molar-refractivity contribution in [2.75, 3.05) is 0 Å². The van der Waals surface area contributed by atoms with E-state index in [0.29, 0.717) is 0 Å². The van der Waals surface area contributed by atoms with Crippen LogP contribution >= 0.6 is 0 Å². The maximum Gasteiger partial charge on any atom is 3.00 e. The quantitative estimate of drug-likeness (QED) is 0.208. The number of rotatable bonds is 0. The monoisotopic (exact) mass is 529 g/mol. The maximum absolute atomic E-state index is 8.52. The fourth-order valence-electron chi connectivity index (χ4n) is 1.02. The smallest absolute Gasteiger partial charge is 0.759 e. The second-order valence-electron chi connectivity index (χ2n) is 3.42. The van der Waals surface area contributed by atoms with Gasteiger partial charge in [0.1, 0.15) is 0 Å². The molecule has 0 atom stereocenters. The van der Waals surface area contributed by atoms with Crippen molar-refractivity contribution in [1.29, 1.82) is 0 Å². The maximum atomic E-state index is 8.52. The van der Waals surface area contributed by atoms with Crippen LogP contribution in [0.25, 0.3) is 10.9 Å². The summed E-state index contributed by atoms with van der Waals surface area (Å²) in [6.45, 7) is 0. The third-order valence-corrected chi connectivity index (χ3v) is 1.51. The molecular weight excluding hydrogens is 522 g/mol. The molecule has 2 rings (SSSR count). The SMILES string of the molecule is O=S(=O)([O-])[O-].O=S(=O)([O-])[O-].O=S(=O)([O-])[O-].[Fe+3].[Fe+3].c1ccc2ncccc2c1. The third-order valence-electron chi connectivity index (χ3n) is 1.51. The molecule has 0 N–H and O–H groups in total. The van der Waals surface area contributed by atoms with E-state index in [0.717, 1.165) is 5.52 Å². The van der Waals surface area contributed by atoms with Gasteiger partial charge in [0.15, 0.2) is 0 Å².